The molecule has 1 fully saturated rings. The second-order valence-electron chi connectivity index (χ2n) is 5.08. The van der Waals surface area contributed by atoms with Crippen molar-refractivity contribution in [3.8, 4) is 0 Å². The molecule has 0 bridgehead atoms. The molecule has 1 saturated heterocycles. The van der Waals surface area contributed by atoms with E-state index in [1.165, 1.54) is 22.7 Å². The average molecular weight is 342 g/mol. The van der Waals surface area contributed by atoms with Gasteiger partial charge in [0.05, 0.1) is 12.9 Å². The number of nitrogens with zero attached hydrogens (tertiary/aromatic N) is 4. The summed E-state index contributed by atoms with van der Waals surface area (Å²) in [6.45, 7) is 0.0656. The Morgan fingerprint density at radius 2 is 2.09 bits per heavy atom. The molecule has 1 aliphatic heterocycles. The number of anilines is 1. The van der Waals surface area contributed by atoms with Crippen LogP contribution < -0.4 is 11.5 Å². The van der Waals surface area contributed by atoms with Gasteiger partial charge < -0.3 is 31.5 Å². The van der Waals surface area contributed by atoms with Crippen LogP contribution in [0.25, 0.3) is 11.2 Å². The van der Waals surface area contributed by atoms with Crippen LogP contribution in [0, 0.1) is 0 Å². The molecule has 23 heavy (non-hydrogen) atoms. The van der Waals surface area contributed by atoms with Gasteiger partial charge in [0, 0.05) is 12.3 Å². The number of nitrogen functional groups attached to an aromatic ring is 1. The highest BCUT2D eigenvalue weighted by atomic mass is 32.2. The highest BCUT2D eigenvalue weighted by molar-refractivity contribution is 7.99. The molecular formula is C12H18N6O4S. The quantitative estimate of drug-likeness (QED) is 0.305. The standard InChI is InChI=1S/C12H18N6O4S/c13-1-2-23-12-16-9(14)6-10(17-12)18(4-15-6)11-8(21)7(20)5(3-19)22-11/h4-5,7-8,11,19-21H,1-3,13H2,(H2,14,16,17)/t5-,7-,8-,11-/m1/s1. The summed E-state index contributed by atoms with van der Waals surface area (Å²) in [6, 6.07) is 0. The Bertz CT molecular complexity index is 697. The number of rotatable bonds is 5. The van der Waals surface area contributed by atoms with E-state index in [1.54, 1.807) is 0 Å². The van der Waals surface area contributed by atoms with Gasteiger partial charge in [-0.05, 0) is 0 Å². The summed E-state index contributed by atoms with van der Waals surface area (Å²) in [6.07, 6.45) is -2.81. The first-order valence-corrected chi connectivity index (χ1v) is 8.00. The first kappa shape index (κ1) is 16.4. The molecule has 7 N–H and O–H groups in total. The summed E-state index contributed by atoms with van der Waals surface area (Å²) in [5.74, 6) is 0.840. The van der Waals surface area contributed by atoms with Crippen LogP contribution in [0.3, 0.4) is 0 Å². The zero-order chi connectivity index (χ0) is 16.6. The molecule has 4 atom stereocenters. The number of fused-ring (bicyclic) bond motifs is 1. The highest BCUT2D eigenvalue weighted by Gasteiger charge is 2.44. The fraction of sp³-hybridized carbons (Fsp3) is 0.583. The highest BCUT2D eigenvalue weighted by Crippen LogP contribution is 2.32. The van der Waals surface area contributed by atoms with Crippen LogP contribution in [0.5, 0.6) is 0 Å². The summed E-state index contributed by atoms with van der Waals surface area (Å²) >= 11 is 1.35. The third-order valence-corrected chi connectivity index (χ3v) is 4.45. The van der Waals surface area contributed by atoms with Crippen LogP contribution in [-0.4, -0.2) is 72.1 Å². The topological polar surface area (TPSA) is 166 Å². The monoisotopic (exact) mass is 342 g/mol. The van der Waals surface area contributed by atoms with Crippen molar-refractivity contribution in [1.82, 2.24) is 19.5 Å². The Morgan fingerprint density at radius 3 is 2.74 bits per heavy atom. The van der Waals surface area contributed by atoms with Crippen LogP contribution in [0.15, 0.2) is 11.5 Å². The largest absolute Gasteiger partial charge is 0.394 e. The number of ether oxygens (including phenoxy) is 1. The number of aromatic nitrogens is 4. The molecule has 0 amide bonds. The van der Waals surface area contributed by atoms with Gasteiger partial charge >= 0.3 is 0 Å². The van der Waals surface area contributed by atoms with Gasteiger partial charge in [-0.1, -0.05) is 11.8 Å². The third kappa shape index (κ3) is 2.86. The van der Waals surface area contributed by atoms with E-state index in [9.17, 15) is 15.3 Å². The molecule has 2 aromatic heterocycles. The van der Waals surface area contributed by atoms with Crippen molar-refractivity contribution in [3.05, 3.63) is 6.33 Å². The molecule has 0 saturated carbocycles. The van der Waals surface area contributed by atoms with Crippen molar-refractivity contribution in [2.75, 3.05) is 24.6 Å². The number of thioether (sulfide) groups is 1. The maximum Gasteiger partial charge on any atom is 0.191 e. The van der Waals surface area contributed by atoms with Crippen molar-refractivity contribution >= 4 is 28.7 Å². The number of aliphatic hydroxyl groups excluding tert-OH is 3. The van der Waals surface area contributed by atoms with Gasteiger partial charge in [-0.3, -0.25) is 4.57 Å². The van der Waals surface area contributed by atoms with E-state index in [-0.39, 0.29) is 5.82 Å². The molecule has 0 spiro atoms. The van der Waals surface area contributed by atoms with Crippen LogP contribution in [0.1, 0.15) is 6.23 Å². The van der Waals surface area contributed by atoms with E-state index in [1.807, 2.05) is 0 Å². The number of imidazole rings is 1. The third-order valence-electron chi connectivity index (χ3n) is 3.57. The SMILES string of the molecule is NCCSc1nc(N)c2ncn([C@@H]3O[C@H](CO)[C@@H](O)[C@H]3O)c2n1. The Kier molecular flexibility index (Phi) is 4.66. The summed E-state index contributed by atoms with van der Waals surface area (Å²) in [7, 11) is 0. The summed E-state index contributed by atoms with van der Waals surface area (Å²) in [5.41, 5.74) is 12.1. The molecule has 3 rings (SSSR count). The fourth-order valence-corrected chi connectivity index (χ4v) is 3.04. The van der Waals surface area contributed by atoms with Crippen molar-refractivity contribution in [1.29, 1.82) is 0 Å². The Morgan fingerprint density at radius 1 is 1.30 bits per heavy atom. The lowest BCUT2D eigenvalue weighted by Crippen LogP contribution is -2.33. The lowest BCUT2D eigenvalue weighted by molar-refractivity contribution is -0.0511. The van der Waals surface area contributed by atoms with Gasteiger partial charge in [0.25, 0.3) is 0 Å². The molecule has 2 aromatic rings. The molecular weight excluding hydrogens is 324 g/mol. The van der Waals surface area contributed by atoms with Crippen molar-refractivity contribution in [2.45, 2.75) is 29.7 Å². The second-order valence-corrected chi connectivity index (χ2v) is 6.14. The normalized spacial score (nSPS) is 27.8. The lowest BCUT2D eigenvalue weighted by atomic mass is 10.1. The average Bonchev–Trinajstić information content (AvgIpc) is 3.08. The van der Waals surface area contributed by atoms with Gasteiger partial charge in [0.1, 0.15) is 23.8 Å². The molecule has 0 aromatic carbocycles. The van der Waals surface area contributed by atoms with Crippen LogP contribution in [-0.2, 0) is 4.74 Å². The number of aliphatic hydroxyl groups is 3. The molecule has 0 aliphatic carbocycles. The summed E-state index contributed by atoms with van der Waals surface area (Å²) in [5, 5.41) is 29.6. The van der Waals surface area contributed by atoms with Gasteiger partial charge in [0.15, 0.2) is 22.8 Å². The first-order valence-electron chi connectivity index (χ1n) is 7.02. The maximum absolute atomic E-state index is 10.1. The molecule has 11 heteroatoms. The van der Waals surface area contributed by atoms with E-state index in [4.69, 9.17) is 16.2 Å². The number of hydrogen-bond donors (Lipinski definition) is 5. The predicted molar refractivity (Wildman–Crippen MR) is 82.5 cm³/mol. The minimum Gasteiger partial charge on any atom is -0.394 e. The second kappa shape index (κ2) is 6.55. The minimum atomic E-state index is -1.22. The maximum atomic E-state index is 10.1. The van der Waals surface area contributed by atoms with E-state index in [0.717, 1.165) is 0 Å². The molecule has 0 radical (unpaired) electrons. The first-order chi connectivity index (χ1) is 11.1. The van der Waals surface area contributed by atoms with E-state index in [0.29, 0.717) is 28.6 Å². The van der Waals surface area contributed by atoms with Gasteiger partial charge in [-0.15, -0.1) is 0 Å². The van der Waals surface area contributed by atoms with Crippen LogP contribution in [0.2, 0.25) is 0 Å². The Labute approximate surface area is 135 Å². The fourth-order valence-electron chi connectivity index (χ4n) is 2.43. The number of nitrogens with two attached hydrogens (primary N) is 2. The zero-order valence-corrected chi connectivity index (χ0v) is 12.9. The van der Waals surface area contributed by atoms with Crippen molar-refractivity contribution < 1.29 is 20.1 Å². The summed E-state index contributed by atoms with van der Waals surface area (Å²) in [4.78, 5) is 12.7. The van der Waals surface area contributed by atoms with Crippen molar-refractivity contribution in [2.24, 2.45) is 5.73 Å². The number of hydrogen-bond acceptors (Lipinski definition) is 10. The van der Waals surface area contributed by atoms with E-state index < -0.39 is 31.1 Å². The Hall–Kier alpha value is -1.50. The van der Waals surface area contributed by atoms with E-state index >= 15 is 0 Å². The zero-order valence-electron chi connectivity index (χ0n) is 12.1. The molecule has 0 unspecified atom stereocenters. The van der Waals surface area contributed by atoms with Gasteiger partial charge in [0.2, 0.25) is 0 Å². The smallest absolute Gasteiger partial charge is 0.191 e. The van der Waals surface area contributed by atoms with Crippen molar-refractivity contribution in [3.63, 3.8) is 0 Å². The van der Waals surface area contributed by atoms with Gasteiger partial charge in [-0.2, -0.15) is 0 Å². The summed E-state index contributed by atoms with van der Waals surface area (Å²) < 4.78 is 6.97. The predicted octanol–water partition coefficient (Wildman–Crippen LogP) is -1.93. The molecule has 3 heterocycles. The van der Waals surface area contributed by atoms with Gasteiger partial charge in [-0.25, -0.2) is 15.0 Å². The molecule has 10 nitrogen and oxygen atoms in total. The van der Waals surface area contributed by atoms with Crippen LogP contribution in [0.4, 0.5) is 5.82 Å². The lowest BCUT2D eigenvalue weighted by Gasteiger charge is -2.16. The van der Waals surface area contributed by atoms with E-state index in [2.05, 4.69) is 15.0 Å². The van der Waals surface area contributed by atoms with Crippen LogP contribution >= 0.6 is 11.8 Å². The molecule has 126 valence electrons. The Balaban J connectivity index is 1.99. The minimum absolute atomic E-state index is 0.208. The molecule has 1 aliphatic rings.